The van der Waals surface area contributed by atoms with Gasteiger partial charge in [0, 0.05) is 18.2 Å². The standard InChI is InChI=1S/C26H19NO9/c1-2-13-33-25(29)16-5-9-19(10-6-16)35-23-15-34-22-14-20(11-12-21(22)24(23)28)36-26(30)17-3-7-18(8-4-17)27(31)32/h3-12,14-15H,2,13H2,1H3. The van der Waals surface area contributed by atoms with Crippen LogP contribution in [0.1, 0.15) is 34.1 Å². The fourth-order valence-corrected chi connectivity index (χ4v) is 3.17. The van der Waals surface area contributed by atoms with Crippen LogP contribution in [0.5, 0.6) is 17.2 Å². The van der Waals surface area contributed by atoms with Crippen molar-refractivity contribution in [2.75, 3.05) is 6.61 Å². The van der Waals surface area contributed by atoms with E-state index in [-0.39, 0.29) is 33.7 Å². The van der Waals surface area contributed by atoms with Crippen LogP contribution in [0.2, 0.25) is 0 Å². The Hall–Kier alpha value is -4.99. The first kappa shape index (κ1) is 24.1. The first-order chi connectivity index (χ1) is 17.4. The summed E-state index contributed by atoms with van der Waals surface area (Å²) in [5.74, 6) is -0.803. The second kappa shape index (κ2) is 10.5. The number of hydrogen-bond donors (Lipinski definition) is 0. The molecule has 182 valence electrons. The number of fused-ring (bicyclic) bond motifs is 1. The van der Waals surface area contributed by atoms with Crippen LogP contribution in [0.15, 0.2) is 82.2 Å². The number of non-ortho nitro benzene ring substituents is 1. The van der Waals surface area contributed by atoms with Gasteiger partial charge in [0.15, 0.2) is 0 Å². The third-order valence-electron chi connectivity index (χ3n) is 4.99. The Bertz CT molecular complexity index is 1490. The topological polar surface area (TPSA) is 135 Å². The molecule has 0 aliphatic heterocycles. The third-order valence-corrected chi connectivity index (χ3v) is 4.99. The van der Waals surface area contributed by atoms with Gasteiger partial charge in [-0.15, -0.1) is 0 Å². The first-order valence-corrected chi connectivity index (χ1v) is 10.8. The second-order valence-electron chi connectivity index (χ2n) is 7.54. The Morgan fingerprint density at radius 3 is 2.22 bits per heavy atom. The average molecular weight is 489 g/mol. The fraction of sp³-hybridized carbons (Fsp3) is 0.115. The molecule has 0 fully saturated rings. The molecule has 36 heavy (non-hydrogen) atoms. The Morgan fingerprint density at radius 1 is 0.917 bits per heavy atom. The van der Waals surface area contributed by atoms with Gasteiger partial charge < -0.3 is 18.6 Å². The lowest BCUT2D eigenvalue weighted by molar-refractivity contribution is -0.384. The molecule has 1 aromatic heterocycles. The summed E-state index contributed by atoms with van der Waals surface area (Å²) in [6.45, 7) is 2.22. The molecule has 0 aliphatic carbocycles. The van der Waals surface area contributed by atoms with Crippen molar-refractivity contribution >= 4 is 28.6 Å². The third kappa shape index (κ3) is 5.39. The highest BCUT2D eigenvalue weighted by atomic mass is 16.6. The van der Waals surface area contributed by atoms with Crippen LogP contribution in [0.3, 0.4) is 0 Å². The number of hydrogen-bond acceptors (Lipinski definition) is 9. The molecule has 4 rings (SSSR count). The van der Waals surface area contributed by atoms with Crippen LogP contribution in [0.25, 0.3) is 11.0 Å². The zero-order chi connectivity index (χ0) is 25.7. The lowest BCUT2D eigenvalue weighted by atomic mass is 10.2. The molecule has 0 unspecified atom stereocenters. The maximum absolute atomic E-state index is 12.8. The number of esters is 2. The molecule has 0 bridgehead atoms. The van der Waals surface area contributed by atoms with Crippen LogP contribution < -0.4 is 14.9 Å². The molecule has 3 aromatic carbocycles. The lowest BCUT2D eigenvalue weighted by Gasteiger charge is -2.08. The van der Waals surface area contributed by atoms with Crippen molar-refractivity contribution in [1.29, 1.82) is 0 Å². The zero-order valence-electron chi connectivity index (χ0n) is 19.0. The van der Waals surface area contributed by atoms with Gasteiger partial charge in [0.25, 0.3) is 5.69 Å². The van der Waals surface area contributed by atoms with Crippen molar-refractivity contribution in [3.63, 3.8) is 0 Å². The highest BCUT2D eigenvalue weighted by Gasteiger charge is 2.15. The molecule has 10 nitrogen and oxygen atoms in total. The number of rotatable bonds is 8. The molecule has 1 heterocycles. The highest BCUT2D eigenvalue weighted by molar-refractivity contribution is 5.92. The van der Waals surface area contributed by atoms with E-state index in [2.05, 4.69) is 0 Å². The number of ether oxygens (including phenoxy) is 3. The smallest absolute Gasteiger partial charge is 0.343 e. The molecule has 0 N–H and O–H groups in total. The maximum Gasteiger partial charge on any atom is 0.343 e. The Morgan fingerprint density at radius 2 is 1.56 bits per heavy atom. The second-order valence-corrected chi connectivity index (χ2v) is 7.54. The van der Waals surface area contributed by atoms with Crippen LogP contribution in [-0.2, 0) is 4.74 Å². The molecule has 0 aliphatic rings. The molecule has 0 spiro atoms. The fourth-order valence-electron chi connectivity index (χ4n) is 3.17. The monoisotopic (exact) mass is 489 g/mol. The van der Waals surface area contributed by atoms with Gasteiger partial charge in [-0.05, 0) is 55.0 Å². The van der Waals surface area contributed by atoms with Crippen LogP contribution in [0, 0.1) is 10.1 Å². The van der Waals surface area contributed by atoms with E-state index in [0.29, 0.717) is 24.3 Å². The summed E-state index contributed by atoms with van der Waals surface area (Å²) in [7, 11) is 0. The highest BCUT2D eigenvalue weighted by Crippen LogP contribution is 2.25. The van der Waals surface area contributed by atoms with Gasteiger partial charge >= 0.3 is 11.9 Å². The summed E-state index contributed by atoms with van der Waals surface area (Å²) in [5, 5.41) is 10.9. The quantitative estimate of drug-likeness (QED) is 0.140. The molecule has 0 atom stereocenters. The summed E-state index contributed by atoms with van der Waals surface area (Å²) in [6, 6.07) is 15.3. The van der Waals surface area contributed by atoms with Gasteiger partial charge in [0.2, 0.25) is 11.2 Å². The Kier molecular flexibility index (Phi) is 7.05. The number of nitro groups is 1. The molecule has 10 heteroatoms. The number of benzene rings is 3. The summed E-state index contributed by atoms with van der Waals surface area (Å²) in [5.41, 5.74) is 0.0430. The minimum Gasteiger partial charge on any atom is -0.462 e. The first-order valence-electron chi connectivity index (χ1n) is 10.8. The summed E-state index contributed by atoms with van der Waals surface area (Å²) in [4.78, 5) is 47.3. The van der Waals surface area contributed by atoms with Crippen molar-refractivity contribution in [3.8, 4) is 17.2 Å². The lowest BCUT2D eigenvalue weighted by Crippen LogP contribution is -2.09. The van der Waals surface area contributed by atoms with E-state index in [9.17, 15) is 24.5 Å². The van der Waals surface area contributed by atoms with Gasteiger partial charge in [-0.2, -0.15) is 0 Å². The number of nitro benzene ring substituents is 1. The average Bonchev–Trinajstić information content (AvgIpc) is 2.89. The van der Waals surface area contributed by atoms with Crippen molar-refractivity contribution in [3.05, 3.63) is 104 Å². The zero-order valence-corrected chi connectivity index (χ0v) is 19.0. The SMILES string of the molecule is CCCOC(=O)c1ccc(Oc2coc3cc(OC(=O)c4ccc([N+](=O)[O-])cc4)ccc3c2=O)cc1. The predicted molar refractivity (Wildman–Crippen MR) is 128 cm³/mol. The molecular weight excluding hydrogens is 470 g/mol. The van der Waals surface area contributed by atoms with Gasteiger partial charge in [0.1, 0.15) is 23.3 Å². The summed E-state index contributed by atoms with van der Waals surface area (Å²) < 4.78 is 21.5. The van der Waals surface area contributed by atoms with Crippen molar-refractivity contribution in [2.24, 2.45) is 0 Å². The van der Waals surface area contributed by atoms with E-state index in [4.69, 9.17) is 18.6 Å². The van der Waals surface area contributed by atoms with Gasteiger partial charge in [-0.25, -0.2) is 9.59 Å². The maximum atomic E-state index is 12.8. The molecule has 0 radical (unpaired) electrons. The normalized spacial score (nSPS) is 10.6. The number of carbonyl (C=O) groups excluding carboxylic acids is 2. The predicted octanol–water partition coefficient (Wildman–Crippen LogP) is 5.28. The van der Waals surface area contributed by atoms with E-state index >= 15 is 0 Å². The van der Waals surface area contributed by atoms with Crippen LogP contribution in [0.4, 0.5) is 5.69 Å². The molecule has 4 aromatic rings. The Labute approximate surface area is 203 Å². The molecular formula is C26H19NO9. The number of nitrogens with zero attached hydrogens (tertiary/aromatic N) is 1. The van der Waals surface area contributed by atoms with Gasteiger partial charge in [-0.3, -0.25) is 14.9 Å². The largest absolute Gasteiger partial charge is 0.462 e. The van der Waals surface area contributed by atoms with E-state index < -0.39 is 22.3 Å². The minimum atomic E-state index is -0.728. The number of carbonyl (C=O) groups is 2. The minimum absolute atomic E-state index is 0.0700. The van der Waals surface area contributed by atoms with Crippen molar-refractivity contribution in [1.82, 2.24) is 0 Å². The van der Waals surface area contributed by atoms with Gasteiger partial charge in [-0.1, -0.05) is 6.92 Å². The van der Waals surface area contributed by atoms with E-state index in [1.165, 1.54) is 66.7 Å². The Balaban J connectivity index is 1.48. The van der Waals surface area contributed by atoms with Crippen molar-refractivity contribution in [2.45, 2.75) is 13.3 Å². The van der Waals surface area contributed by atoms with Crippen LogP contribution >= 0.6 is 0 Å². The molecule has 0 saturated carbocycles. The van der Waals surface area contributed by atoms with Crippen molar-refractivity contribution < 1.29 is 33.1 Å². The van der Waals surface area contributed by atoms with Crippen LogP contribution in [-0.4, -0.2) is 23.5 Å². The van der Waals surface area contributed by atoms with E-state index in [1.54, 1.807) is 0 Å². The summed E-state index contributed by atoms with van der Waals surface area (Å²) >= 11 is 0. The van der Waals surface area contributed by atoms with E-state index in [0.717, 1.165) is 6.26 Å². The van der Waals surface area contributed by atoms with E-state index in [1.807, 2.05) is 6.92 Å². The molecule has 0 amide bonds. The van der Waals surface area contributed by atoms with Gasteiger partial charge in [0.05, 0.1) is 28.0 Å². The molecule has 0 saturated heterocycles. The summed E-state index contributed by atoms with van der Waals surface area (Å²) in [6.07, 6.45) is 1.85.